The number of primary amides is 2. The van der Waals surface area contributed by atoms with Crippen molar-refractivity contribution in [3.8, 4) is 0 Å². The summed E-state index contributed by atoms with van der Waals surface area (Å²) in [5.74, 6) is -1.40. The molecule has 0 unspecified atom stereocenters. The molecule has 4 heteroatoms. The van der Waals surface area contributed by atoms with Crippen LogP contribution in [-0.2, 0) is 15.0 Å². The Labute approximate surface area is 94.6 Å². The highest BCUT2D eigenvalue weighted by atomic mass is 16.2. The smallest absolute Gasteiger partial charge is 0.237 e. The molecule has 4 nitrogen and oxygen atoms in total. The molecule has 0 aromatic heterocycles. The Morgan fingerprint density at radius 1 is 1.12 bits per heavy atom. The van der Waals surface area contributed by atoms with Crippen molar-refractivity contribution in [3.05, 3.63) is 35.4 Å². The van der Waals surface area contributed by atoms with Crippen LogP contribution in [0, 0.1) is 6.92 Å². The Morgan fingerprint density at radius 2 is 1.56 bits per heavy atom. The van der Waals surface area contributed by atoms with Crippen LogP contribution in [-0.4, -0.2) is 11.8 Å². The number of amides is 2. The molecule has 0 saturated heterocycles. The van der Waals surface area contributed by atoms with Gasteiger partial charge in [-0.1, -0.05) is 36.8 Å². The van der Waals surface area contributed by atoms with E-state index in [4.69, 9.17) is 11.5 Å². The predicted molar refractivity (Wildman–Crippen MR) is 61.5 cm³/mol. The van der Waals surface area contributed by atoms with E-state index in [0.29, 0.717) is 5.56 Å². The van der Waals surface area contributed by atoms with Crippen LogP contribution in [0.2, 0.25) is 0 Å². The van der Waals surface area contributed by atoms with E-state index in [1.54, 1.807) is 19.1 Å². The molecule has 0 saturated carbocycles. The van der Waals surface area contributed by atoms with Crippen molar-refractivity contribution in [2.24, 2.45) is 11.5 Å². The van der Waals surface area contributed by atoms with Crippen LogP contribution in [0.15, 0.2) is 24.3 Å². The second-order valence-corrected chi connectivity index (χ2v) is 3.85. The molecule has 86 valence electrons. The Bertz CT molecular complexity index is 396. The number of carbonyl (C=O) groups is 2. The van der Waals surface area contributed by atoms with E-state index in [-0.39, 0.29) is 6.42 Å². The standard InChI is InChI=1S/C12H16N2O2/c1-3-12(10(13)15,11(14)16)9-6-4-8(2)5-7-9/h4-7H,3H2,1-2H3,(H2,13,15)(H2,14,16). The van der Waals surface area contributed by atoms with E-state index in [1.165, 1.54) is 0 Å². The lowest BCUT2D eigenvalue weighted by Gasteiger charge is -2.26. The summed E-state index contributed by atoms with van der Waals surface area (Å²) < 4.78 is 0. The summed E-state index contributed by atoms with van der Waals surface area (Å²) in [6, 6.07) is 7.08. The molecule has 0 spiro atoms. The van der Waals surface area contributed by atoms with E-state index < -0.39 is 17.2 Å². The van der Waals surface area contributed by atoms with E-state index in [2.05, 4.69) is 0 Å². The summed E-state index contributed by atoms with van der Waals surface area (Å²) in [4.78, 5) is 23.0. The Hall–Kier alpha value is -1.84. The van der Waals surface area contributed by atoms with Crippen molar-refractivity contribution >= 4 is 11.8 Å². The van der Waals surface area contributed by atoms with Gasteiger partial charge in [0.05, 0.1) is 0 Å². The second kappa shape index (κ2) is 4.35. The van der Waals surface area contributed by atoms with E-state index in [9.17, 15) is 9.59 Å². The van der Waals surface area contributed by atoms with Gasteiger partial charge in [0.1, 0.15) is 0 Å². The Morgan fingerprint density at radius 3 is 1.88 bits per heavy atom. The van der Waals surface area contributed by atoms with Crippen molar-refractivity contribution in [2.75, 3.05) is 0 Å². The monoisotopic (exact) mass is 220 g/mol. The van der Waals surface area contributed by atoms with E-state index >= 15 is 0 Å². The van der Waals surface area contributed by atoms with Gasteiger partial charge in [-0.25, -0.2) is 0 Å². The number of aryl methyl sites for hydroxylation is 1. The van der Waals surface area contributed by atoms with Gasteiger partial charge in [0.15, 0.2) is 5.41 Å². The van der Waals surface area contributed by atoms with Crippen molar-refractivity contribution in [1.82, 2.24) is 0 Å². The van der Waals surface area contributed by atoms with E-state index in [1.807, 2.05) is 19.1 Å². The lowest BCUT2D eigenvalue weighted by Crippen LogP contribution is -2.51. The minimum Gasteiger partial charge on any atom is -0.368 e. The predicted octanol–water partition coefficient (Wildman–Crippen LogP) is 0.613. The lowest BCUT2D eigenvalue weighted by molar-refractivity contribution is -0.134. The van der Waals surface area contributed by atoms with Crippen LogP contribution in [0.5, 0.6) is 0 Å². The van der Waals surface area contributed by atoms with Crippen LogP contribution in [0.4, 0.5) is 0 Å². The molecule has 0 bridgehead atoms. The summed E-state index contributed by atoms with van der Waals surface area (Å²) in [5, 5.41) is 0. The Kier molecular flexibility index (Phi) is 3.32. The maximum atomic E-state index is 11.5. The summed E-state index contributed by atoms with van der Waals surface area (Å²) in [6.07, 6.45) is 0.265. The van der Waals surface area contributed by atoms with Crippen LogP contribution in [0.25, 0.3) is 0 Å². The van der Waals surface area contributed by atoms with Gasteiger partial charge in [0.25, 0.3) is 0 Å². The maximum Gasteiger partial charge on any atom is 0.237 e. The van der Waals surface area contributed by atoms with Crippen molar-refractivity contribution < 1.29 is 9.59 Å². The number of rotatable bonds is 4. The van der Waals surface area contributed by atoms with Gasteiger partial charge in [-0.15, -0.1) is 0 Å². The first-order chi connectivity index (χ1) is 7.45. The molecule has 16 heavy (non-hydrogen) atoms. The van der Waals surface area contributed by atoms with Gasteiger partial charge in [-0.2, -0.15) is 0 Å². The topological polar surface area (TPSA) is 86.2 Å². The van der Waals surface area contributed by atoms with Crippen LogP contribution < -0.4 is 11.5 Å². The molecule has 4 N–H and O–H groups in total. The highest BCUT2D eigenvalue weighted by Gasteiger charge is 2.42. The molecular formula is C12H16N2O2. The summed E-state index contributed by atoms with van der Waals surface area (Å²) >= 11 is 0. The fourth-order valence-corrected chi connectivity index (χ4v) is 1.80. The first-order valence-electron chi connectivity index (χ1n) is 5.12. The summed E-state index contributed by atoms with van der Waals surface area (Å²) in [5.41, 5.74) is 10.8. The quantitative estimate of drug-likeness (QED) is 0.728. The van der Waals surface area contributed by atoms with Gasteiger partial charge >= 0.3 is 0 Å². The lowest BCUT2D eigenvalue weighted by atomic mass is 9.76. The van der Waals surface area contributed by atoms with Gasteiger partial charge in [-0.05, 0) is 18.9 Å². The summed E-state index contributed by atoms with van der Waals surface area (Å²) in [6.45, 7) is 3.64. The van der Waals surface area contributed by atoms with Gasteiger partial charge in [-0.3, -0.25) is 9.59 Å². The first kappa shape index (κ1) is 12.2. The molecule has 1 rings (SSSR count). The zero-order valence-electron chi connectivity index (χ0n) is 9.49. The Balaban J connectivity index is 3.36. The maximum absolute atomic E-state index is 11.5. The van der Waals surface area contributed by atoms with Crippen LogP contribution in [0.3, 0.4) is 0 Å². The van der Waals surface area contributed by atoms with Crippen LogP contribution >= 0.6 is 0 Å². The van der Waals surface area contributed by atoms with Gasteiger partial charge in [0.2, 0.25) is 11.8 Å². The number of benzene rings is 1. The third-order valence-corrected chi connectivity index (χ3v) is 2.92. The molecular weight excluding hydrogens is 204 g/mol. The molecule has 0 radical (unpaired) electrons. The number of hydrogen-bond donors (Lipinski definition) is 2. The highest BCUT2D eigenvalue weighted by Crippen LogP contribution is 2.27. The fourth-order valence-electron chi connectivity index (χ4n) is 1.80. The normalized spacial score (nSPS) is 11.1. The number of hydrogen-bond acceptors (Lipinski definition) is 2. The third kappa shape index (κ3) is 1.78. The average molecular weight is 220 g/mol. The van der Waals surface area contributed by atoms with Crippen molar-refractivity contribution in [1.29, 1.82) is 0 Å². The van der Waals surface area contributed by atoms with Gasteiger partial charge < -0.3 is 11.5 Å². The molecule has 0 aliphatic carbocycles. The molecule has 0 aliphatic rings. The number of nitrogens with two attached hydrogens (primary N) is 2. The molecule has 2 amide bonds. The zero-order valence-corrected chi connectivity index (χ0v) is 9.49. The van der Waals surface area contributed by atoms with Crippen molar-refractivity contribution in [2.45, 2.75) is 25.7 Å². The largest absolute Gasteiger partial charge is 0.368 e. The average Bonchev–Trinajstić information content (AvgIpc) is 2.21. The molecule has 1 aromatic carbocycles. The minimum absolute atomic E-state index is 0.265. The molecule has 1 aromatic rings. The SMILES string of the molecule is CCC(C(N)=O)(C(N)=O)c1ccc(C)cc1. The first-order valence-corrected chi connectivity index (χ1v) is 5.12. The fraction of sp³-hybridized carbons (Fsp3) is 0.333. The number of carbonyl (C=O) groups excluding carboxylic acids is 2. The van der Waals surface area contributed by atoms with E-state index in [0.717, 1.165) is 5.56 Å². The molecule has 0 atom stereocenters. The van der Waals surface area contributed by atoms with Crippen LogP contribution in [0.1, 0.15) is 24.5 Å². The molecule has 0 fully saturated rings. The zero-order chi connectivity index (χ0) is 12.3. The highest BCUT2D eigenvalue weighted by molar-refractivity contribution is 6.09. The molecule has 0 heterocycles. The molecule has 0 aliphatic heterocycles. The van der Waals surface area contributed by atoms with Crippen molar-refractivity contribution in [3.63, 3.8) is 0 Å². The minimum atomic E-state index is -1.40. The van der Waals surface area contributed by atoms with Gasteiger partial charge in [0, 0.05) is 0 Å². The summed E-state index contributed by atoms with van der Waals surface area (Å²) in [7, 11) is 0. The third-order valence-electron chi connectivity index (χ3n) is 2.92. The second-order valence-electron chi connectivity index (χ2n) is 3.85.